The summed E-state index contributed by atoms with van der Waals surface area (Å²) in [5.74, 6) is -0.290. The van der Waals surface area contributed by atoms with E-state index >= 15 is 0 Å². The number of aliphatic hydroxyl groups is 1. The van der Waals surface area contributed by atoms with Crippen LogP contribution >= 0.6 is 0 Å². The van der Waals surface area contributed by atoms with Crippen LogP contribution in [0.4, 0.5) is 4.39 Å². The molecule has 0 bridgehead atoms. The quantitative estimate of drug-likeness (QED) is 0.846. The van der Waals surface area contributed by atoms with Crippen molar-refractivity contribution in [2.24, 2.45) is 0 Å². The third kappa shape index (κ3) is 4.62. The number of piperazine rings is 1. The molecule has 1 saturated heterocycles. The Balaban J connectivity index is 1.94. The van der Waals surface area contributed by atoms with Crippen LogP contribution in [-0.4, -0.2) is 59.6 Å². The van der Waals surface area contributed by atoms with Crippen LogP contribution < -0.4 is 0 Å². The number of carbonyl (C=O) groups excluding carboxylic acids is 1. The summed E-state index contributed by atoms with van der Waals surface area (Å²) in [7, 11) is 0. The van der Waals surface area contributed by atoms with E-state index in [1.165, 1.54) is 12.1 Å². The van der Waals surface area contributed by atoms with Crippen molar-refractivity contribution >= 4 is 11.5 Å². The van der Waals surface area contributed by atoms with Gasteiger partial charge in [0.25, 0.3) is 0 Å². The van der Waals surface area contributed by atoms with E-state index in [1.807, 2.05) is 11.8 Å². The van der Waals surface area contributed by atoms with Gasteiger partial charge in [0, 0.05) is 38.3 Å². The van der Waals surface area contributed by atoms with Gasteiger partial charge in [-0.15, -0.1) is 0 Å². The van der Waals surface area contributed by atoms with Gasteiger partial charge in [0.05, 0.1) is 6.61 Å². The van der Waals surface area contributed by atoms with Crippen LogP contribution in [0.15, 0.2) is 30.3 Å². The summed E-state index contributed by atoms with van der Waals surface area (Å²) in [4.78, 5) is 16.4. The molecule has 0 aliphatic carbocycles. The third-order valence-electron chi connectivity index (χ3n) is 4.46. The third-order valence-corrected chi connectivity index (χ3v) is 4.46. The highest BCUT2D eigenvalue weighted by molar-refractivity contribution is 5.94. The fourth-order valence-electron chi connectivity index (χ4n) is 2.88. The number of amides is 1. The van der Waals surface area contributed by atoms with Crippen LogP contribution in [0.3, 0.4) is 0 Å². The molecule has 1 amide bonds. The fraction of sp³-hybridized carbons (Fsp3) is 0.500. The number of benzene rings is 1. The van der Waals surface area contributed by atoms with Gasteiger partial charge in [0.2, 0.25) is 5.91 Å². The molecule has 4 nitrogen and oxygen atoms in total. The van der Waals surface area contributed by atoms with Crippen LogP contribution in [0.25, 0.3) is 5.57 Å². The first-order chi connectivity index (χ1) is 11.0. The van der Waals surface area contributed by atoms with Crippen LogP contribution in [0, 0.1) is 5.82 Å². The van der Waals surface area contributed by atoms with Gasteiger partial charge in [-0.25, -0.2) is 4.39 Å². The predicted octanol–water partition coefficient (Wildman–Crippen LogP) is 2.14. The molecular formula is C18H25FN2O2. The van der Waals surface area contributed by atoms with Crippen molar-refractivity contribution in [3.05, 3.63) is 41.7 Å². The van der Waals surface area contributed by atoms with E-state index in [0.29, 0.717) is 13.1 Å². The summed E-state index contributed by atoms with van der Waals surface area (Å²) >= 11 is 0. The average Bonchev–Trinajstić information content (AvgIpc) is 2.57. The summed E-state index contributed by atoms with van der Waals surface area (Å²) in [6.45, 7) is 7.00. The van der Waals surface area contributed by atoms with Crippen LogP contribution in [0.1, 0.15) is 25.8 Å². The van der Waals surface area contributed by atoms with Gasteiger partial charge in [0.15, 0.2) is 0 Å². The maximum Gasteiger partial charge on any atom is 0.246 e. The molecule has 5 heteroatoms. The zero-order chi connectivity index (χ0) is 16.8. The summed E-state index contributed by atoms with van der Waals surface area (Å²) in [5, 5.41) is 9.36. The Morgan fingerprint density at radius 3 is 2.39 bits per heavy atom. The minimum atomic E-state index is -0.279. The lowest BCUT2D eigenvalue weighted by molar-refractivity contribution is -0.128. The number of allylic oxidation sites excluding steroid dienone is 1. The number of hydrogen-bond acceptors (Lipinski definition) is 3. The van der Waals surface area contributed by atoms with Gasteiger partial charge < -0.3 is 10.0 Å². The Labute approximate surface area is 137 Å². The lowest BCUT2D eigenvalue weighted by atomic mass is 10.1. The van der Waals surface area contributed by atoms with Crippen molar-refractivity contribution in [2.45, 2.75) is 26.3 Å². The van der Waals surface area contributed by atoms with Gasteiger partial charge in [-0.2, -0.15) is 0 Å². The second-order valence-corrected chi connectivity index (χ2v) is 5.94. The van der Waals surface area contributed by atoms with Crippen molar-refractivity contribution in [2.75, 3.05) is 32.8 Å². The number of rotatable bonds is 5. The molecule has 0 radical (unpaired) electrons. The van der Waals surface area contributed by atoms with Gasteiger partial charge in [-0.05, 0) is 36.6 Å². The Morgan fingerprint density at radius 2 is 1.87 bits per heavy atom. The van der Waals surface area contributed by atoms with Crippen molar-refractivity contribution < 1.29 is 14.3 Å². The van der Waals surface area contributed by atoms with E-state index < -0.39 is 0 Å². The maximum absolute atomic E-state index is 12.9. The van der Waals surface area contributed by atoms with Crippen LogP contribution in [-0.2, 0) is 4.79 Å². The van der Waals surface area contributed by atoms with E-state index in [1.54, 1.807) is 18.2 Å². The zero-order valence-corrected chi connectivity index (χ0v) is 13.8. The number of nitrogens with zero attached hydrogens (tertiary/aromatic N) is 2. The van der Waals surface area contributed by atoms with Crippen molar-refractivity contribution in [1.82, 2.24) is 9.80 Å². The molecule has 1 fully saturated rings. The van der Waals surface area contributed by atoms with Gasteiger partial charge in [-0.1, -0.05) is 19.1 Å². The smallest absolute Gasteiger partial charge is 0.246 e. The molecule has 1 atom stereocenters. The van der Waals surface area contributed by atoms with Crippen LogP contribution in [0.5, 0.6) is 0 Å². The summed E-state index contributed by atoms with van der Waals surface area (Å²) in [5.41, 5.74) is 1.68. The van der Waals surface area contributed by atoms with Gasteiger partial charge >= 0.3 is 0 Å². The molecular weight excluding hydrogens is 295 g/mol. The first-order valence-electron chi connectivity index (χ1n) is 8.13. The Bertz CT molecular complexity index is 545. The second-order valence-electron chi connectivity index (χ2n) is 5.94. The second kappa shape index (κ2) is 8.22. The number of hydrogen-bond donors (Lipinski definition) is 1. The topological polar surface area (TPSA) is 43.8 Å². The number of halogens is 1. The molecule has 2 rings (SSSR count). The lowest BCUT2D eigenvalue weighted by Crippen LogP contribution is -2.52. The van der Waals surface area contributed by atoms with Crippen molar-refractivity contribution in [1.29, 1.82) is 0 Å². The van der Waals surface area contributed by atoms with Crippen molar-refractivity contribution in [3.8, 4) is 0 Å². The molecule has 1 heterocycles. The first-order valence-corrected chi connectivity index (χ1v) is 8.13. The highest BCUT2D eigenvalue weighted by atomic mass is 19.1. The normalized spacial score (nSPS) is 18.1. The molecule has 1 N–H and O–H groups in total. The van der Waals surface area contributed by atoms with E-state index in [2.05, 4.69) is 11.8 Å². The molecule has 0 spiro atoms. The highest BCUT2D eigenvalue weighted by Crippen LogP contribution is 2.16. The van der Waals surface area contributed by atoms with Gasteiger partial charge in [-0.3, -0.25) is 9.69 Å². The molecule has 1 aliphatic heterocycles. The monoisotopic (exact) mass is 320 g/mol. The number of aliphatic hydroxyl groups excluding tert-OH is 1. The maximum atomic E-state index is 12.9. The van der Waals surface area contributed by atoms with Gasteiger partial charge in [0.1, 0.15) is 5.82 Å². The molecule has 1 unspecified atom stereocenters. The van der Waals surface area contributed by atoms with E-state index in [4.69, 9.17) is 0 Å². The highest BCUT2D eigenvalue weighted by Gasteiger charge is 2.24. The summed E-state index contributed by atoms with van der Waals surface area (Å²) in [6.07, 6.45) is 2.53. The minimum absolute atomic E-state index is 0.0106. The zero-order valence-electron chi connectivity index (χ0n) is 13.8. The van der Waals surface area contributed by atoms with E-state index in [-0.39, 0.29) is 24.4 Å². The van der Waals surface area contributed by atoms with E-state index in [9.17, 15) is 14.3 Å². The summed E-state index contributed by atoms with van der Waals surface area (Å²) in [6, 6.07) is 6.34. The number of carbonyl (C=O) groups is 1. The Kier molecular flexibility index (Phi) is 6.30. The lowest BCUT2D eigenvalue weighted by Gasteiger charge is -2.38. The van der Waals surface area contributed by atoms with E-state index in [0.717, 1.165) is 30.6 Å². The standard InChI is InChI=1S/C18H25FN2O2/c1-3-17(13-22)20-8-10-21(11-9-20)18(23)12-14(2)15-4-6-16(19)7-5-15/h4-7,12,17,22H,3,8-11,13H2,1-2H3/b14-12-. The average molecular weight is 320 g/mol. The van der Waals surface area contributed by atoms with Crippen LogP contribution in [0.2, 0.25) is 0 Å². The SMILES string of the molecule is CCC(CO)N1CCN(C(=O)/C=C(/C)c2ccc(F)cc2)CC1. The molecule has 23 heavy (non-hydrogen) atoms. The largest absolute Gasteiger partial charge is 0.395 e. The molecule has 0 aromatic heterocycles. The Morgan fingerprint density at radius 1 is 1.26 bits per heavy atom. The molecule has 1 aromatic rings. The van der Waals surface area contributed by atoms with Crippen molar-refractivity contribution in [3.63, 3.8) is 0 Å². The first kappa shape index (κ1) is 17.6. The predicted molar refractivity (Wildman–Crippen MR) is 89.4 cm³/mol. The minimum Gasteiger partial charge on any atom is -0.395 e. The fourth-order valence-corrected chi connectivity index (χ4v) is 2.88. The molecule has 126 valence electrons. The molecule has 1 aromatic carbocycles. The summed E-state index contributed by atoms with van der Waals surface area (Å²) < 4.78 is 12.9. The molecule has 0 saturated carbocycles. The Hall–Kier alpha value is -1.72. The molecule has 1 aliphatic rings.